The number of carbonyl (C=O) groups excluding carboxylic acids is 1. The average Bonchev–Trinajstić information content (AvgIpc) is 2.78. The first kappa shape index (κ1) is 12.4. The van der Waals surface area contributed by atoms with E-state index in [4.69, 9.17) is 10.5 Å². The van der Waals surface area contributed by atoms with Gasteiger partial charge in [0.15, 0.2) is 0 Å². The summed E-state index contributed by atoms with van der Waals surface area (Å²) < 4.78 is 6.29. The van der Waals surface area contributed by atoms with Crippen LogP contribution in [-0.4, -0.2) is 30.1 Å². The number of thiophene rings is 1. The van der Waals surface area contributed by atoms with Crippen molar-refractivity contribution in [2.45, 2.75) is 18.9 Å². The fourth-order valence-electron chi connectivity index (χ4n) is 2.25. The molecule has 3 N–H and O–H groups in total. The lowest BCUT2D eigenvalue weighted by molar-refractivity contribution is 0.0626. The molecule has 3 heterocycles. The lowest BCUT2D eigenvalue weighted by atomic mass is 10.1. The van der Waals surface area contributed by atoms with Crippen LogP contribution in [0.1, 0.15) is 22.5 Å². The number of nitrogens with one attached hydrogen (secondary N) is 1. The number of anilines is 1. The number of fused-ring (bicyclic) bond motifs is 1. The number of nitrogens with zero attached hydrogens (tertiary/aromatic N) is 1. The molecule has 2 aromatic rings. The summed E-state index contributed by atoms with van der Waals surface area (Å²) >= 11 is 1.38. The third-order valence-corrected chi connectivity index (χ3v) is 4.39. The van der Waals surface area contributed by atoms with Gasteiger partial charge in [0, 0.05) is 24.4 Å². The van der Waals surface area contributed by atoms with Gasteiger partial charge in [0.25, 0.3) is 5.91 Å². The van der Waals surface area contributed by atoms with Gasteiger partial charge in [-0.05, 0) is 18.9 Å². The van der Waals surface area contributed by atoms with Gasteiger partial charge in [-0.2, -0.15) is 0 Å². The van der Waals surface area contributed by atoms with Gasteiger partial charge in [-0.1, -0.05) is 0 Å². The molecule has 0 aromatic carbocycles. The van der Waals surface area contributed by atoms with Gasteiger partial charge in [-0.25, -0.2) is 0 Å². The minimum atomic E-state index is -0.116. The Morgan fingerprint density at radius 2 is 2.47 bits per heavy atom. The third kappa shape index (κ3) is 2.41. The molecule has 0 bridgehead atoms. The molecule has 1 aliphatic rings. The number of ether oxygens (including phenoxy) is 1. The Kier molecular flexibility index (Phi) is 3.35. The standard InChI is InChI=1S/C13H15N3O2S/c14-11-9-3-4-15-6-10(9)19-12(11)13(17)16-8-2-1-5-18-7-8/h3-4,6,8H,1-2,5,7,14H2,(H,16,17). The maximum absolute atomic E-state index is 12.2. The molecule has 0 radical (unpaired) electrons. The van der Waals surface area contributed by atoms with E-state index in [0.29, 0.717) is 17.2 Å². The van der Waals surface area contributed by atoms with E-state index in [9.17, 15) is 4.79 Å². The van der Waals surface area contributed by atoms with Crippen LogP contribution >= 0.6 is 11.3 Å². The maximum atomic E-state index is 12.2. The van der Waals surface area contributed by atoms with Crippen molar-refractivity contribution in [3.63, 3.8) is 0 Å². The van der Waals surface area contributed by atoms with Crippen LogP contribution in [0.3, 0.4) is 0 Å². The predicted molar refractivity (Wildman–Crippen MR) is 75.3 cm³/mol. The van der Waals surface area contributed by atoms with Gasteiger partial charge in [0.05, 0.1) is 23.0 Å². The topological polar surface area (TPSA) is 77.2 Å². The summed E-state index contributed by atoms with van der Waals surface area (Å²) in [4.78, 5) is 16.9. The Bertz CT molecular complexity index is 605. The number of hydrogen-bond donors (Lipinski definition) is 2. The first-order valence-electron chi connectivity index (χ1n) is 6.26. The maximum Gasteiger partial charge on any atom is 0.263 e. The number of nitrogens with two attached hydrogens (primary N) is 1. The highest BCUT2D eigenvalue weighted by Gasteiger charge is 2.21. The number of amides is 1. The number of aromatic nitrogens is 1. The van der Waals surface area contributed by atoms with Gasteiger partial charge >= 0.3 is 0 Å². The molecule has 0 aliphatic carbocycles. The van der Waals surface area contributed by atoms with E-state index in [1.807, 2.05) is 6.07 Å². The number of rotatable bonds is 2. The number of nitrogen functional groups attached to an aromatic ring is 1. The molecule has 0 spiro atoms. The Balaban J connectivity index is 1.83. The molecule has 1 amide bonds. The molecule has 1 aliphatic heterocycles. The summed E-state index contributed by atoms with van der Waals surface area (Å²) in [6.45, 7) is 1.36. The van der Waals surface area contributed by atoms with Crippen LogP contribution in [0.15, 0.2) is 18.5 Å². The smallest absolute Gasteiger partial charge is 0.263 e. The fourth-order valence-corrected chi connectivity index (χ4v) is 3.24. The number of pyridine rings is 1. The summed E-state index contributed by atoms with van der Waals surface area (Å²) in [6, 6.07) is 1.92. The van der Waals surface area contributed by atoms with E-state index in [-0.39, 0.29) is 11.9 Å². The van der Waals surface area contributed by atoms with Gasteiger partial charge in [0.2, 0.25) is 0 Å². The van der Waals surface area contributed by atoms with Crippen LogP contribution in [0, 0.1) is 0 Å². The Hall–Kier alpha value is -1.66. The fraction of sp³-hybridized carbons (Fsp3) is 0.385. The van der Waals surface area contributed by atoms with Gasteiger partial charge in [-0.15, -0.1) is 11.3 Å². The highest BCUT2D eigenvalue weighted by molar-refractivity contribution is 7.21. The largest absolute Gasteiger partial charge is 0.397 e. The molecule has 19 heavy (non-hydrogen) atoms. The lowest BCUT2D eigenvalue weighted by Gasteiger charge is -2.22. The van der Waals surface area contributed by atoms with Gasteiger partial charge < -0.3 is 15.8 Å². The summed E-state index contributed by atoms with van der Waals surface area (Å²) in [5.41, 5.74) is 6.57. The van der Waals surface area contributed by atoms with E-state index in [1.165, 1.54) is 11.3 Å². The van der Waals surface area contributed by atoms with E-state index in [0.717, 1.165) is 29.5 Å². The zero-order chi connectivity index (χ0) is 13.2. The first-order chi connectivity index (χ1) is 9.25. The second-order valence-electron chi connectivity index (χ2n) is 4.60. The molecule has 3 rings (SSSR count). The first-order valence-corrected chi connectivity index (χ1v) is 7.08. The second-order valence-corrected chi connectivity index (χ2v) is 5.66. The molecule has 1 saturated heterocycles. The number of carbonyl (C=O) groups is 1. The molecule has 0 saturated carbocycles. The summed E-state index contributed by atoms with van der Waals surface area (Å²) in [5.74, 6) is -0.116. The zero-order valence-electron chi connectivity index (χ0n) is 10.4. The Morgan fingerprint density at radius 1 is 1.58 bits per heavy atom. The van der Waals surface area contributed by atoms with E-state index >= 15 is 0 Å². The normalized spacial score (nSPS) is 19.5. The van der Waals surface area contributed by atoms with Crippen LogP contribution in [0.25, 0.3) is 10.1 Å². The van der Waals surface area contributed by atoms with Crippen LogP contribution in [0.5, 0.6) is 0 Å². The van der Waals surface area contributed by atoms with Crippen molar-refractivity contribution in [1.29, 1.82) is 0 Å². The van der Waals surface area contributed by atoms with Crippen molar-refractivity contribution in [2.75, 3.05) is 18.9 Å². The second kappa shape index (κ2) is 5.14. The summed E-state index contributed by atoms with van der Waals surface area (Å²) in [7, 11) is 0. The number of hydrogen-bond acceptors (Lipinski definition) is 5. The quantitative estimate of drug-likeness (QED) is 0.877. The molecular formula is C13H15N3O2S. The highest BCUT2D eigenvalue weighted by atomic mass is 32.1. The van der Waals surface area contributed by atoms with Crippen molar-refractivity contribution < 1.29 is 9.53 Å². The molecule has 1 unspecified atom stereocenters. The van der Waals surface area contributed by atoms with E-state index in [2.05, 4.69) is 10.3 Å². The third-order valence-electron chi connectivity index (χ3n) is 3.23. The molecule has 6 heteroatoms. The zero-order valence-corrected chi connectivity index (χ0v) is 11.2. The predicted octanol–water partition coefficient (Wildman–Crippen LogP) is 1.79. The van der Waals surface area contributed by atoms with E-state index in [1.54, 1.807) is 12.4 Å². The highest BCUT2D eigenvalue weighted by Crippen LogP contribution is 2.32. The van der Waals surface area contributed by atoms with E-state index < -0.39 is 0 Å². The molecular weight excluding hydrogens is 262 g/mol. The van der Waals surface area contributed by atoms with Gasteiger partial charge in [0.1, 0.15) is 4.88 Å². The van der Waals surface area contributed by atoms with Crippen LogP contribution in [0.2, 0.25) is 0 Å². The minimum Gasteiger partial charge on any atom is -0.397 e. The minimum absolute atomic E-state index is 0.0870. The average molecular weight is 277 g/mol. The Morgan fingerprint density at radius 3 is 3.21 bits per heavy atom. The van der Waals surface area contributed by atoms with Gasteiger partial charge in [-0.3, -0.25) is 9.78 Å². The van der Waals surface area contributed by atoms with Crippen molar-refractivity contribution >= 4 is 33.0 Å². The molecule has 100 valence electrons. The van der Waals surface area contributed by atoms with Crippen LogP contribution in [0.4, 0.5) is 5.69 Å². The van der Waals surface area contributed by atoms with Crippen molar-refractivity contribution in [3.8, 4) is 0 Å². The summed E-state index contributed by atoms with van der Waals surface area (Å²) in [5, 5.41) is 3.88. The SMILES string of the molecule is Nc1c(C(=O)NC2CCCOC2)sc2cnccc12. The molecule has 1 atom stereocenters. The molecule has 1 fully saturated rings. The molecule has 2 aromatic heterocycles. The van der Waals surface area contributed by atoms with Crippen molar-refractivity contribution in [1.82, 2.24) is 10.3 Å². The van der Waals surface area contributed by atoms with Crippen molar-refractivity contribution in [2.24, 2.45) is 0 Å². The van der Waals surface area contributed by atoms with Crippen LogP contribution < -0.4 is 11.1 Å². The Labute approximate surface area is 114 Å². The molecule has 5 nitrogen and oxygen atoms in total. The monoisotopic (exact) mass is 277 g/mol. The van der Waals surface area contributed by atoms with Crippen molar-refractivity contribution in [3.05, 3.63) is 23.3 Å². The summed E-state index contributed by atoms with van der Waals surface area (Å²) in [6.07, 6.45) is 5.35. The van der Waals surface area contributed by atoms with Crippen LogP contribution in [-0.2, 0) is 4.74 Å². The lowest BCUT2D eigenvalue weighted by Crippen LogP contribution is -2.40.